The lowest BCUT2D eigenvalue weighted by Crippen LogP contribution is -2.15. The van der Waals surface area contributed by atoms with Crippen molar-refractivity contribution in [2.24, 2.45) is 0 Å². The van der Waals surface area contributed by atoms with Crippen molar-refractivity contribution in [2.75, 3.05) is 14.7 Å². The molecule has 13 rings (SSSR count). The van der Waals surface area contributed by atoms with Crippen LogP contribution in [0.2, 0.25) is 0 Å². The lowest BCUT2D eigenvalue weighted by atomic mass is 9.88. The summed E-state index contributed by atoms with van der Waals surface area (Å²) in [6, 6.07) is 76.9. The van der Waals surface area contributed by atoms with Crippen LogP contribution in [0.1, 0.15) is 44.5 Å². The van der Waals surface area contributed by atoms with Gasteiger partial charge < -0.3 is 28.9 Å². The number of anilines is 9. The molecule has 3 aliphatic heterocycles. The Kier molecular flexibility index (Phi) is 11.8. The maximum Gasteiger partial charge on any atom is 0.204 e. The van der Waals surface area contributed by atoms with Crippen molar-refractivity contribution >= 4 is 93.3 Å². The quantitative estimate of drug-likeness (QED) is 0.104. The van der Waals surface area contributed by atoms with Crippen LogP contribution in [0.15, 0.2) is 218 Å². The predicted molar refractivity (Wildman–Crippen MR) is 313 cm³/mol. The van der Waals surface area contributed by atoms with Crippen molar-refractivity contribution in [1.29, 1.82) is 10.5 Å². The number of fused-ring (bicyclic) bond motifs is 6. The third-order valence-corrected chi connectivity index (χ3v) is 13.9. The van der Waals surface area contributed by atoms with E-state index in [1.165, 1.54) is 0 Å². The van der Waals surface area contributed by atoms with Crippen LogP contribution in [0.25, 0.3) is 41.3 Å². The van der Waals surface area contributed by atoms with E-state index < -0.39 is 0 Å². The maximum atomic E-state index is 11.2. The highest BCUT2D eigenvalue weighted by atomic mass is 16.5. The SMILES string of the molecule is [C-]#[N+]c1c(/C=C/c2ccc3c(c2)Oc2ccccc2N3c2ccccc2)c(C#N)c(/C=C/c2ccc3c(c2)Oc2ccccc2N3c2ccccc2)c(C#N)c1/C=C/c1ccc2c(c1)Oc1ccccc1N2c1ccccc1. The zero-order chi connectivity index (χ0) is 52.5. The Bertz CT molecular complexity index is 3790. The Labute approximate surface area is 451 Å². The van der Waals surface area contributed by atoms with E-state index in [4.69, 9.17) is 20.8 Å². The van der Waals surface area contributed by atoms with Gasteiger partial charge in [-0.15, -0.1) is 0 Å². The van der Waals surface area contributed by atoms with Gasteiger partial charge in [-0.2, -0.15) is 10.5 Å². The van der Waals surface area contributed by atoms with Crippen LogP contribution in [-0.2, 0) is 0 Å². The number of rotatable bonds is 9. The summed E-state index contributed by atoms with van der Waals surface area (Å²) >= 11 is 0. The molecule has 0 spiro atoms. The van der Waals surface area contributed by atoms with Gasteiger partial charge in [-0.05, 0) is 137 Å². The summed E-state index contributed by atoms with van der Waals surface area (Å²) in [5, 5.41) is 22.4. The summed E-state index contributed by atoms with van der Waals surface area (Å²) in [5.74, 6) is 4.07. The molecule has 0 amide bonds. The molecular weight excluding hydrogens is 961 g/mol. The third-order valence-electron chi connectivity index (χ3n) is 13.9. The lowest BCUT2D eigenvalue weighted by molar-refractivity contribution is 0.476. The fraction of sp³-hybridized carbons (Fsp3) is 0. The monoisotopic (exact) mass is 1000 g/mol. The standard InChI is InChI=1S/C69H42N6O3/c1-72-69-53(36-30-47-33-39-61-67(42-47)77-64-27-15-12-24-58(64)74(61)50-19-7-3-8-20-50)55(44-70)52(35-29-46-32-38-60-66(41-46)76-63-26-14-11-23-57(63)73(60)49-17-5-2-6-18-49)56(45-71)54(69)37-31-48-34-40-62-68(43-48)78-65-28-16-13-25-59(65)75(62)51-21-9-4-10-22-51/h2-43H/b35-29+,36-30+,37-31+. The first-order valence-corrected chi connectivity index (χ1v) is 25.3. The van der Waals surface area contributed by atoms with Crippen molar-refractivity contribution in [1.82, 2.24) is 0 Å². The van der Waals surface area contributed by atoms with Gasteiger partial charge in [0.05, 0.1) is 64.0 Å². The first-order chi connectivity index (χ1) is 38.5. The molecule has 0 atom stereocenters. The maximum absolute atomic E-state index is 11.2. The molecule has 0 N–H and O–H groups in total. The summed E-state index contributed by atoms with van der Waals surface area (Å²) < 4.78 is 19.6. The minimum atomic E-state index is 0.159. The van der Waals surface area contributed by atoms with Crippen molar-refractivity contribution in [3.63, 3.8) is 0 Å². The predicted octanol–water partition coefficient (Wildman–Crippen LogP) is 19.2. The van der Waals surface area contributed by atoms with Crippen LogP contribution >= 0.6 is 0 Å². The van der Waals surface area contributed by atoms with Crippen LogP contribution < -0.4 is 28.9 Å². The number of ether oxygens (including phenoxy) is 3. The van der Waals surface area contributed by atoms with Crippen LogP contribution in [-0.4, -0.2) is 0 Å². The smallest absolute Gasteiger partial charge is 0.204 e. The minimum Gasteiger partial charge on any atom is -0.453 e. The highest BCUT2D eigenvalue weighted by molar-refractivity contribution is 5.97. The summed E-state index contributed by atoms with van der Waals surface area (Å²) in [7, 11) is 0. The van der Waals surface area contributed by atoms with Gasteiger partial charge in [-0.1, -0.05) is 146 Å². The number of nitriles is 2. The van der Waals surface area contributed by atoms with Crippen LogP contribution in [0.4, 0.5) is 56.9 Å². The van der Waals surface area contributed by atoms with Crippen molar-refractivity contribution in [2.45, 2.75) is 0 Å². The number of benzene rings is 10. The van der Waals surface area contributed by atoms with Crippen LogP contribution in [0.3, 0.4) is 0 Å². The van der Waals surface area contributed by atoms with E-state index in [1.807, 2.05) is 200 Å². The molecule has 0 aromatic heterocycles. The zero-order valence-corrected chi connectivity index (χ0v) is 41.7. The van der Waals surface area contributed by atoms with E-state index in [1.54, 1.807) is 18.2 Å². The molecule has 0 saturated heterocycles. The van der Waals surface area contributed by atoms with E-state index >= 15 is 0 Å². The van der Waals surface area contributed by atoms with Crippen LogP contribution in [0.5, 0.6) is 34.5 Å². The molecular formula is C69H42N6O3. The third kappa shape index (κ3) is 8.31. The Hall–Kier alpha value is -11.3. The summed E-state index contributed by atoms with van der Waals surface area (Å²) in [4.78, 5) is 10.6. The molecule has 366 valence electrons. The molecule has 78 heavy (non-hydrogen) atoms. The molecule has 0 radical (unpaired) electrons. The lowest BCUT2D eigenvalue weighted by Gasteiger charge is -2.33. The van der Waals surface area contributed by atoms with Crippen molar-refractivity contribution in [3.05, 3.63) is 274 Å². The average Bonchev–Trinajstić information content (AvgIpc) is 3.58. The number of hydrogen-bond donors (Lipinski definition) is 0. The van der Waals surface area contributed by atoms with Gasteiger partial charge in [0.25, 0.3) is 0 Å². The van der Waals surface area contributed by atoms with Gasteiger partial charge in [0.1, 0.15) is 0 Å². The second-order valence-electron chi connectivity index (χ2n) is 18.6. The number of para-hydroxylation sites is 9. The van der Waals surface area contributed by atoms with Gasteiger partial charge in [0, 0.05) is 22.6 Å². The Balaban J connectivity index is 0.923. The molecule has 3 aliphatic rings. The van der Waals surface area contributed by atoms with Crippen molar-refractivity contribution < 1.29 is 14.2 Å². The van der Waals surface area contributed by atoms with Crippen molar-refractivity contribution in [3.8, 4) is 46.6 Å². The van der Waals surface area contributed by atoms with E-state index in [0.717, 1.165) is 67.9 Å². The molecule has 0 aliphatic carbocycles. The summed E-state index contributed by atoms with van der Waals surface area (Å²) in [6.45, 7) is 8.71. The zero-order valence-electron chi connectivity index (χ0n) is 41.7. The fourth-order valence-electron chi connectivity index (χ4n) is 10.4. The second-order valence-corrected chi connectivity index (χ2v) is 18.6. The molecule has 0 unspecified atom stereocenters. The Morgan fingerprint density at radius 3 is 0.949 bits per heavy atom. The molecule has 0 bridgehead atoms. The van der Waals surface area contributed by atoms with Gasteiger partial charge in [0.2, 0.25) is 5.69 Å². The van der Waals surface area contributed by atoms with E-state index in [9.17, 15) is 10.5 Å². The van der Waals surface area contributed by atoms with E-state index in [0.29, 0.717) is 51.2 Å². The summed E-state index contributed by atoms with van der Waals surface area (Å²) in [6.07, 6.45) is 11.0. The Morgan fingerprint density at radius 1 is 0.333 bits per heavy atom. The molecule has 3 heterocycles. The molecule has 0 fully saturated rings. The first-order valence-electron chi connectivity index (χ1n) is 25.3. The Morgan fingerprint density at radius 2 is 0.628 bits per heavy atom. The van der Waals surface area contributed by atoms with Gasteiger partial charge in [-0.3, -0.25) is 0 Å². The largest absolute Gasteiger partial charge is 0.453 e. The highest BCUT2D eigenvalue weighted by Gasteiger charge is 2.29. The number of nitrogens with zero attached hydrogens (tertiary/aromatic N) is 6. The molecule has 10 aromatic carbocycles. The van der Waals surface area contributed by atoms with E-state index in [2.05, 4.69) is 68.1 Å². The topological polar surface area (TPSA) is 89.3 Å². The van der Waals surface area contributed by atoms with Gasteiger partial charge in [-0.25, -0.2) is 4.85 Å². The van der Waals surface area contributed by atoms with Crippen LogP contribution in [0, 0.1) is 29.2 Å². The van der Waals surface area contributed by atoms with E-state index in [-0.39, 0.29) is 16.8 Å². The average molecular weight is 1000 g/mol. The highest BCUT2D eigenvalue weighted by Crippen LogP contribution is 2.54. The molecule has 0 saturated carbocycles. The van der Waals surface area contributed by atoms with Gasteiger partial charge in [0.15, 0.2) is 34.5 Å². The number of hydrogen-bond acceptors (Lipinski definition) is 8. The van der Waals surface area contributed by atoms with Gasteiger partial charge >= 0.3 is 0 Å². The molecule has 10 aromatic rings. The normalized spacial score (nSPS) is 12.7. The molecule has 9 heteroatoms. The second kappa shape index (κ2) is 19.8. The molecule has 9 nitrogen and oxygen atoms in total. The summed E-state index contributed by atoms with van der Waals surface area (Å²) in [5.41, 5.74) is 12.3. The minimum absolute atomic E-state index is 0.159. The first kappa shape index (κ1) is 46.5. The fourth-order valence-corrected chi connectivity index (χ4v) is 10.4.